The van der Waals surface area contributed by atoms with E-state index in [0.717, 1.165) is 10.0 Å². The van der Waals surface area contributed by atoms with Crippen LogP contribution in [0.3, 0.4) is 0 Å². The monoisotopic (exact) mass is 266 g/mol. The summed E-state index contributed by atoms with van der Waals surface area (Å²) in [4.78, 5) is 22.0. The normalized spacial score (nSPS) is 17.8. The van der Waals surface area contributed by atoms with E-state index >= 15 is 0 Å². The van der Waals surface area contributed by atoms with E-state index in [1.54, 1.807) is 6.08 Å². The van der Waals surface area contributed by atoms with Crippen LogP contribution in [0.2, 0.25) is 0 Å². The van der Waals surface area contributed by atoms with Crippen molar-refractivity contribution < 1.29 is 9.59 Å². The van der Waals surface area contributed by atoms with E-state index in [4.69, 9.17) is 0 Å². The molecule has 5 heteroatoms. The zero-order chi connectivity index (χ0) is 10.8. The molecule has 0 radical (unpaired) electrons. The van der Waals surface area contributed by atoms with Gasteiger partial charge in [-0.05, 0) is 23.8 Å². The topological polar surface area (TPSA) is 58.2 Å². The minimum absolute atomic E-state index is 0.262. The fraction of sp³-hybridized carbons (Fsp3) is 0. The lowest BCUT2D eigenvalue weighted by molar-refractivity contribution is -0.115. The first-order valence-corrected chi connectivity index (χ1v) is 5.04. The van der Waals surface area contributed by atoms with E-state index in [9.17, 15) is 9.59 Å². The molecule has 1 saturated heterocycles. The quantitative estimate of drug-likeness (QED) is 0.600. The van der Waals surface area contributed by atoms with Crippen molar-refractivity contribution in [2.24, 2.45) is 0 Å². The summed E-state index contributed by atoms with van der Waals surface area (Å²) in [5.74, 6) is -0.403. The van der Waals surface area contributed by atoms with Gasteiger partial charge in [0.25, 0.3) is 5.91 Å². The van der Waals surface area contributed by atoms with Gasteiger partial charge in [-0.1, -0.05) is 28.1 Å². The number of amides is 3. The molecule has 1 fully saturated rings. The van der Waals surface area contributed by atoms with Crippen molar-refractivity contribution in [3.63, 3.8) is 0 Å². The predicted octanol–water partition coefficient (Wildman–Crippen LogP) is 1.63. The van der Waals surface area contributed by atoms with Crippen molar-refractivity contribution in [3.8, 4) is 0 Å². The number of halogens is 1. The van der Waals surface area contributed by atoms with Gasteiger partial charge >= 0.3 is 6.03 Å². The SMILES string of the molecule is O=C1NC(=O)/C(=C/c2cccc(Br)c2)N1. The van der Waals surface area contributed by atoms with Gasteiger partial charge in [-0.15, -0.1) is 0 Å². The van der Waals surface area contributed by atoms with E-state index < -0.39 is 11.9 Å². The van der Waals surface area contributed by atoms with Gasteiger partial charge in [-0.25, -0.2) is 4.79 Å². The van der Waals surface area contributed by atoms with Crippen molar-refractivity contribution in [2.45, 2.75) is 0 Å². The second kappa shape index (κ2) is 3.86. The molecule has 15 heavy (non-hydrogen) atoms. The molecular formula is C10H7BrN2O2. The summed E-state index contributed by atoms with van der Waals surface area (Å²) in [5, 5.41) is 4.55. The molecule has 0 atom stereocenters. The first-order chi connectivity index (χ1) is 7.15. The zero-order valence-electron chi connectivity index (χ0n) is 7.58. The van der Waals surface area contributed by atoms with Gasteiger partial charge in [-0.3, -0.25) is 10.1 Å². The molecule has 1 heterocycles. The summed E-state index contributed by atoms with van der Waals surface area (Å²) in [6.45, 7) is 0. The second-order valence-corrected chi connectivity index (χ2v) is 3.94. The Hall–Kier alpha value is -1.62. The number of hydrogen-bond acceptors (Lipinski definition) is 2. The Morgan fingerprint density at radius 3 is 2.60 bits per heavy atom. The van der Waals surface area contributed by atoms with E-state index in [2.05, 4.69) is 26.6 Å². The van der Waals surface area contributed by atoms with Crippen molar-refractivity contribution in [1.29, 1.82) is 0 Å². The highest BCUT2D eigenvalue weighted by molar-refractivity contribution is 9.10. The molecule has 0 spiro atoms. The minimum Gasteiger partial charge on any atom is -0.303 e. The zero-order valence-corrected chi connectivity index (χ0v) is 9.17. The maximum Gasteiger partial charge on any atom is 0.326 e. The smallest absolute Gasteiger partial charge is 0.303 e. The van der Waals surface area contributed by atoms with Crippen LogP contribution in [0, 0.1) is 0 Å². The molecule has 1 aromatic rings. The number of nitrogens with one attached hydrogen (secondary N) is 2. The van der Waals surface area contributed by atoms with Gasteiger partial charge in [0, 0.05) is 4.47 Å². The summed E-state index contributed by atoms with van der Waals surface area (Å²) in [6, 6.07) is 6.95. The summed E-state index contributed by atoms with van der Waals surface area (Å²) in [7, 11) is 0. The Kier molecular flexibility index (Phi) is 2.55. The van der Waals surface area contributed by atoms with Crippen LogP contribution in [-0.2, 0) is 4.79 Å². The van der Waals surface area contributed by atoms with Crippen LogP contribution in [-0.4, -0.2) is 11.9 Å². The highest BCUT2D eigenvalue weighted by atomic mass is 79.9. The summed E-state index contributed by atoms with van der Waals surface area (Å²) in [5.41, 5.74) is 1.11. The molecule has 0 bridgehead atoms. The van der Waals surface area contributed by atoms with Crippen LogP contribution >= 0.6 is 15.9 Å². The van der Waals surface area contributed by atoms with Crippen LogP contribution < -0.4 is 10.6 Å². The molecule has 1 aromatic carbocycles. The van der Waals surface area contributed by atoms with Crippen LogP contribution in [0.5, 0.6) is 0 Å². The van der Waals surface area contributed by atoms with Gasteiger partial charge < -0.3 is 5.32 Å². The van der Waals surface area contributed by atoms with Crippen LogP contribution in [0.4, 0.5) is 4.79 Å². The number of hydrogen-bond donors (Lipinski definition) is 2. The fourth-order valence-electron chi connectivity index (χ4n) is 1.25. The number of carbonyl (C=O) groups is 2. The highest BCUT2D eigenvalue weighted by Crippen LogP contribution is 2.14. The Labute approximate surface area is 94.5 Å². The molecule has 0 unspecified atom stereocenters. The summed E-state index contributed by atoms with van der Waals surface area (Å²) in [6.07, 6.45) is 1.62. The Morgan fingerprint density at radius 1 is 1.20 bits per heavy atom. The van der Waals surface area contributed by atoms with Crippen molar-refractivity contribution in [2.75, 3.05) is 0 Å². The van der Waals surface area contributed by atoms with Crippen LogP contribution in [0.25, 0.3) is 6.08 Å². The molecule has 2 N–H and O–H groups in total. The van der Waals surface area contributed by atoms with Crippen molar-refractivity contribution in [1.82, 2.24) is 10.6 Å². The molecule has 0 aliphatic carbocycles. The van der Waals surface area contributed by atoms with Gasteiger partial charge in [0.05, 0.1) is 0 Å². The third-order valence-corrected chi connectivity index (χ3v) is 2.37. The number of carbonyl (C=O) groups excluding carboxylic acids is 2. The number of urea groups is 1. The molecule has 0 aromatic heterocycles. The van der Waals surface area contributed by atoms with E-state index in [1.165, 1.54) is 0 Å². The van der Waals surface area contributed by atoms with E-state index in [1.807, 2.05) is 24.3 Å². The third kappa shape index (κ3) is 2.24. The highest BCUT2D eigenvalue weighted by Gasteiger charge is 2.22. The van der Waals surface area contributed by atoms with E-state index in [0.29, 0.717) is 0 Å². The largest absolute Gasteiger partial charge is 0.326 e. The van der Waals surface area contributed by atoms with Gasteiger partial charge in [-0.2, -0.15) is 0 Å². The second-order valence-electron chi connectivity index (χ2n) is 3.02. The lowest BCUT2D eigenvalue weighted by atomic mass is 10.2. The molecule has 4 nitrogen and oxygen atoms in total. The molecule has 1 aliphatic heterocycles. The first kappa shape index (κ1) is 9.92. The van der Waals surface area contributed by atoms with E-state index in [-0.39, 0.29) is 5.70 Å². The minimum atomic E-state index is -0.485. The molecule has 76 valence electrons. The fourth-order valence-corrected chi connectivity index (χ4v) is 1.66. The maximum atomic E-state index is 11.2. The number of rotatable bonds is 1. The average Bonchev–Trinajstić information content (AvgIpc) is 2.45. The lowest BCUT2D eigenvalue weighted by Gasteiger charge is -1.96. The van der Waals surface area contributed by atoms with Crippen molar-refractivity contribution in [3.05, 3.63) is 40.0 Å². The van der Waals surface area contributed by atoms with Gasteiger partial charge in [0.2, 0.25) is 0 Å². The molecule has 0 saturated carbocycles. The molecular weight excluding hydrogens is 260 g/mol. The Balaban J connectivity index is 2.31. The van der Waals surface area contributed by atoms with Crippen LogP contribution in [0.1, 0.15) is 5.56 Å². The van der Waals surface area contributed by atoms with Crippen molar-refractivity contribution >= 4 is 33.9 Å². The average molecular weight is 267 g/mol. The lowest BCUT2D eigenvalue weighted by Crippen LogP contribution is -2.22. The third-order valence-electron chi connectivity index (χ3n) is 1.88. The standard InChI is InChI=1S/C10H7BrN2O2/c11-7-3-1-2-6(4-7)5-8-9(14)13-10(15)12-8/h1-5H,(H2,12,13,14,15)/b8-5-. The molecule has 1 aliphatic rings. The Morgan fingerprint density at radius 2 is 2.00 bits per heavy atom. The molecule has 3 amide bonds. The Bertz CT molecular complexity index is 468. The predicted molar refractivity (Wildman–Crippen MR) is 58.8 cm³/mol. The van der Waals surface area contributed by atoms with Crippen LogP contribution in [0.15, 0.2) is 34.4 Å². The summed E-state index contributed by atoms with van der Waals surface area (Å²) >= 11 is 3.32. The number of benzene rings is 1. The summed E-state index contributed by atoms with van der Waals surface area (Å²) < 4.78 is 0.918. The molecule has 2 rings (SSSR count). The maximum absolute atomic E-state index is 11.2. The van der Waals surface area contributed by atoms with Gasteiger partial charge in [0.1, 0.15) is 5.70 Å². The first-order valence-electron chi connectivity index (χ1n) is 4.25. The van der Waals surface area contributed by atoms with Gasteiger partial charge in [0.15, 0.2) is 0 Å². The number of imide groups is 1.